The molecule has 0 amide bonds. The third kappa shape index (κ3) is 6.00. The summed E-state index contributed by atoms with van der Waals surface area (Å²) in [6.45, 7) is 0.135. The van der Waals surface area contributed by atoms with Crippen molar-refractivity contribution in [2.45, 2.75) is 18.9 Å². The Balaban J connectivity index is 0.00000261. The van der Waals surface area contributed by atoms with E-state index in [2.05, 4.69) is 0 Å². The van der Waals surface area contributed by atoms with Gasteiger partial charge in [0.05, 0.1) is 0 Å². The van der Waals surface area contributed by atoms with Crippen molar-refractivity contribution in [2.24, 2.45) is 5.73 Å². The number of nitrogens with two attached hydrogens (primary N) is 1. The number of halogens is 1. The Hall–Kier alpha value is -2.53. The fourth-order valence-corrected chi connectivity index (χ4v) is 2.63. The van der Waals surface area contributed by atoms with E-state index in [1.54, 1.807) is 0 Å². The van der Waals surface area contributed by atoms with Crippen LogP contribution in [0.1, 0.15) is 24.4 Å². The first kappa shape index (κ1) is 20.8. The Bertz CT molecular complexity index is 812. The van der Waals surface area contributed by atoms with Crippen LogP contribution in [-0.2, 0) is 0 Å². The number of para-hydroxylation sites is 2. The Kier molecular flexibility index (Phi) is 8.14. The van der Waals surface area contributed by atoms with Crippen molar-refractivity contribution in [3.8, 4) is 23.0 Å². The molecule has 3 rings (SSSR count). The van der Waals surface area contributed by atoms with Crippen molar-refractivity contribution in [1.29, 1.82) is 0 Å². The van der Waals surface area contributed by atoms with E-state index in [-0.39, 0.29) is 25.1 Å². The molecule has 3 N–H and O–H groups in total. The van der Waals surface area contributed by atoms with Crippen molar-refractivity contribution in [2.75, 3.05) is 6.61 Å². The van der Waals surface area contributed by atoms with Gasteiger partial charge in [-0.1, -0.05) is 42.5 Å². The third-order valence-electron chi connectivity index (χ3n) is 4.01. The second-order valence-corrected chi connectivity index (χ2v) is 6.01. The molecule has 0 heterocycles. The van der Waals surface area contributed by atoms with E-state index in [9.17, 15) is 0 Å². The van der Waals surface area contributed by atoms with Crippen LogP contribution in [0.25, 0.3) is 0 Å². The van der Waals surface area contributed by atoms with E-state index in [0.717, 1.165) is 17.1 Å². The molecule has 5 heteroatoms. The van der Waals surface area contributed by atoms with Crippen molar-refractivity contribution in [3.05, 3.63) is 84.4 Å². The lowest BCUT2D eigenvalue weighted by atomic mass is 10.0. The molecule has 0 fully saturated rings. The summed E-state index contributed by atoms with van der Waals surface area (Å²) < 4.78 is 12.0. The van der Waals surface area contributed by atoms with Gasteiger partial charge in [-0.25, -0.2) is 0 Å². The van der Waals surface area contributed by atoms with E-state index in [1.165, 1.54) is 0 Å². The SMILES string of the molecule is Cl.N[C@@H](CCCO)c1ccc(Oc2ccccc2)c(Oc2ccccc2)c1. The predicted molar refractivity (Wildman–Crippen MR) is 110 cm³/mol. The average molecular weight is 386 g/mol. The first-order valence-corrected chi connectivity index (χ1v) is 8.72. The van der Waals surface area contributed by atoms with Gasteiger partial charge in [-0.3, -0.25) is 0 Å². The zero-order valence-corrected chi connectivity index (χ0v) is 15.8. The molecule has 142 valence electrons. The van der Waals surface area contributed by atoms with E-state index < -0.39 is 0 Å². The molecule has 0 aromatic heterocycles. The highest BCUT2D eigenvalue weighted by atomic mass is 35.5. The Morgan fingerprint density at radius 3 is 1.89 bits per heavy atom. The summed E-state index contributed by atoms with van der Waals surface area (Å²) in [6, 6.07) is 24.7. The number of ether oxygens (including phenoxy) is 2. The molecule has 0 spiro atoms. The second kappa shape index (κ2) is 10.6. The molecule has 0 radical (unpaired) electrons. The monoisotopic (exact) mass is 385 g/mol. The Labute approximate surface area is 166 Å². The van der Waals surface area contributed by atoms with Crippen LogP contribution in [0.15, 0.2) is 78.9 Å². The second-order valence-electron chi connectivity index (χ2n) is 6.01. The predicted octanol–water partition coefficient (Wildman–Crippen LogP) is 5.47. The molecule has 0 aliphatic rings. The van der Waals surface area contributed by atoms with Crippen LogP contribution in [-0.4, -0.2) is 11.7 Å². The highest BCUT2D eigenvalue weighted by Gasteiger charge is 2.13. The lowest BCUT2D eigenvalue weighted by Crippen LogP contribution is -2.11. The molecule has 3 aromatic rings. The van der Waals surface area contributed by atoms with Gasteiger partial charge in [0.1, 0.15) is 11.5 Å². The van der Waals surface area contributed by atoms with Gasteiger partial charge in [0, 0.05) is 12.6 Å². The molecule has 3 aromatic carbocycles. The highest BCUT2D eigenvalue weighted by Crippen LogP contribution is 2.37. The van der Waals surface area contributed by atoms with E-state index in [1.807, 2.05) is 78.9 Å². The summed E-state index contributed by atoms with van der Waals surface area (Å²) in [4.78, 5) is 0. The van der Waals surface area contributed by atoms with Crippen LogP contribution in [0.5, 0.6) is 23.0 Å². The number of hydrogen-bond acceptors (Lipinski definition) is 4. The summed E-state index contributed by atoms with van der Waals surface area (Å²) >= 11 is 0. The van der Waals surface area contributed by atoms with E-state index >= 15 is 0 Å². The third-order valence-corrected chi connectivity index (χ3v) is 4.01. The standard InChI is InChI=1S/C22H23NO3.ClH/c23-20(12-7-15-24)17-13-14-21(25-18-8-3-1-4-9-18)22(16-17)26-19-10-5-2-6-11-19;/h1-6,8-11,13-14,16,20,24H,7,12,15,23H2;1H/t20-;/m0./s1. The van der Waals surface area contributed by atoms with Crippen LogP contribution in [0.3, 0.4) is 0 Å². The molecule has 0 saturated heterocycles. The molecule has 0 saturated carbocycles. The zero-order valence-electron chi connectivity index (χ0n) is 15.0. The number of hydrogen-bond donors (Lipinski definition) is 2. The van der Waals surface area contributed by atoms with Gasteiger partial charge in [-0.15, -0.1) is 12.4 Å². The van der Waals surface area contributed by atoms with Gasteiger partial charge in [-0.05, 0) is 54.8 Å². The average Bonchev–Trinajstić information content (AvgIpc) is 2.69. The number of rotatable bonds is 8. The van der Waals surface area contributed by atoms with Crippen LogP contribution in [0.2, 0.25) is 0 Å². The minimum atomic E-state index is -0.161. The van der Waals surface area contributed by atoms with E-state index in [4.69, 9.17) is 20.3 Å². The quantitative estimate of drug-likeness (QED) is 0.540. The summed E-state index contributed by atoms with van der Waals surface area (Å²) in [7, 11) is 0. The van der Waals surface area contributed by atoms with Crippen molar-refractivity contribution in [1.82, 2.24) is 0 Å². The van der Waals surface area contributed by atoms with Crippen LogP contribution >= 0.6 is 12.4 Å². The molecular weight excluding hydrogens is 362 g/mol. The van der Waals surface area contributed by atoms with Crippen molar-refractivity contribution < 1.29 is 14.6 Å². The maximum atomic E-state index is 9.02. The van der Waals surface area contributed by atoms with Gasteiger partial charge < -0.3 is 20.3 Å². The summed E-state index contributed by atoms with van der Waals surface area (Å²) in [5, 5.41) is 9.02. The molecule has 0 aliphatic carbocycles. The van der Waals surface area contributed by atoms with Gasteiger partial charge in [0.2, 0.25) is 0 Å². The summed E-state index contributed by atoms with van der Waals surface area (Å²) in [5.41, 5.74) is 7.19. The van der Waals surface area contributed by atoms with Gasteiger partial charge >= 0.3 is 0 Å². The Morgan fingerprint density at radius 1 is 0.778 bits per heavy atom. The minimum absolute atomic E-state index is 0. The minimum Gasteiger partial charge on any atom is -0.453 e. The molecule has 0 bridgehead atoms. The number of aliphatic hydroxyl groups excluding tert-OH is 1. The zero-order chi connectivity index (χ0) is 18.2. The number of benzene rings is 3. The van der Waals surface area contributed by atoms with Gasteiger partial charge in [0.25, 0.3) is 0 Å². The van der Waals surface area contributed by atoms with Crippen molar-refractivity contribution >= 4 is 12.4 Å². The fourth-order valence-electron chi connectivity index (χ4n) is 2.63. The lowest BCUT2D eigenvalue weighted by Gasteiger charge is -2.17. The molecule has 1 atom stereocenters. The fraction of sp³-hybridized carbons (Fsp3) is 0.182. The van der Waals surface area contributed by atoms with Gasteiger partial charge in [0.15, 0.2) is 11.5 Å². The van der Waals surface area contributed by atoms with Crippen LogP contribution in [0, 0.1) is 0 Å². The molecule has 27 heavy (non-hydrogen) atoms. The number of aliphatic hydroxyl groups is 1. The summed E-state index contributed by atoms with van der Waals surface area (Å²) in [5.74, 6) is 2.70. The highest BCUT2D eigenvalue weighted by molar-refractivity contribution is 5.85. The lowest BCUT2D eigenvalue weighted by molar-refractivity contribution is 0.280. The summed E-state index contributed by atoms with van der Waals surface area (Å²) in [6.07, 6.45) is 1.37. The first-order valence-electron chi connectivity index (χ1n) is 8.72. The molecule has 0 unspecified atom stereocenters. The maximum absolute atomic E-state index is 9.02. The topological polar surface area (TPSA) is 64.7 Å². The van der Waals surface area contributed by atoms with E-state index in [0.29, 0.717) is 24.3 Å². The van der Waals surface area contributed by atoms with Crippen LogP contribution < -0.4 is 15.2 Å². The Morgan fingerprint density at radius 2 is 1.33 bits per heavy atom. The smallest absolute Gasteiger partial charge is 0.170 e. The van der Waals surface area contributed by atoms with Gasteiger partial charge in [-0.2, -0.15) is 0 Å². The first-order chi connectivity index (χ1) is 12.8. The molecular formula is C22H24ClNO3. The molecule has 4 nitrogen and oxygen atoms in total. The van der Waals surface area contributed by atoms with Crippen molar-refractivity contribution in [3.63, 3.8) is 0 Å². The molecule has 0 aliphatic heterocycles. The largest absolute Gasteiger partial charge is 0.453 e. The normalized spacial score (nSPS) is 11.3. The maximum Gasteiger partial charge on any atom is 0.170 e. The van der Waals surface area contributed by atoms with Crippen LogP contribution in [0.4, 0.5) is 0 Å².